The van der Waals surface area contributed by atoms with E-state index in [4.69, 9.17) is 9.84 Å². The van der Waals surface area contributed by atoms with Crippen molar-refractivity contribution in [3.8, 4) is 6.01 Å². The van der Waals surface area contributed by atoms with Crippen LogP contribution in [0.3, 0.4) is 0 Å². The second kappa shape index (κ2) is 6.85. The number of nitrogens with one attached hydrogen (secondary N) is 1. The molecule has 0 bridgehead atoms. The number of carboxylic acid groups (broad SMARTS) is 1. The fourth-order valence-electron chi connectivity index (χ4n) is 3.21. The topological polar surface area (TPSA) is 132 Å². The highest BCUT2D eigenvalue weighted by Crippen LogP contribution is 2.30. The van der Waals surface area contributed by atoms with Crippen molar-refractivity contribution in [1.82, 2.24) is 14.9 Å². The van der Waals surface area contributed by atoms with Crippen molar-refractivity contribution < 1.29 is 19.6 Å². The largest absolute Gasteiger partial charge is 0.465 e. The number of aromatic nitrogens is 2. The van der Waals surface area contributed by atoms with Gasteiger partial charge in [-0.15, -0.1) is 0 Å². The quantitative estimate of drug-likeness (QED) is 0.634. The van der Waals surface area contributed by atoms with Gasteiger partial charge in [-0.2, -0.15) is 0 Å². The Morgan fingerprint density at radius 3 is 2.83 bits per heavy atom. The van der Waals surface area contributed by atoms with Gasteiger partial charge in [0.2, 0.25) is 0 Å². The standard InChI is InChI=1S/C14H19N5O5/c20-14(21)16-10-3-1-9(2-4-10)11-7-15-5-6-18-8-12(19(22)23)17-13(18)24-11/h7-11,16H,1-6H2,(H,20,21). The van der Waals surface area contributed by atoms with Gasteiger partial charge in [0.25, 0.3) is 0 Å². The summed E-state index contributed by atoms with van der Waals surface area (Å²) < 4.78 is 7.50. The van der Waals surface area contributed by atoms with Crippen LogP contribution in [0.15, 0.2) is 11.2 Å². The highest BCUT2D eigenvalue weighted by atomic mass is 16.6. The Bertz CT molecular complexity index is 650. The molecule has 130 valence electrons. The Morgan fingerprint density at radius 1 is 1.42 bits per heavy atom. The van der Waals surface area contributed by atoms with E-state index < -0.39 is 11.0 Å². The first kappa shape index (κ1) is 16.2. The lowest BCUT2D eigenvalue weighted by Gasteiger charge is -2.31. The van der Waals surface area contributed by atoms with Gasteiger partial charge in [0.05, 0.1) is 6.54 Å². The van der Waals surface area contributed by atoms with E-state index in [1.807, 2.05) is 0 Å². The third-order valence-electron chi connectivity index (χ3n) is 4.44. The molecule has 0 aromatic carbocycles. The molecule has 24 heavy (non-hydrogen) atoms. The number of hydrogen-bond donors (Lipinski definition) is 2. The summed E-state index contributed by atoms with van der Waals surface area (Å²) in [5, 5.41) is 22.2. The predicted octanol–water partition coefficient (Wildman–Crippen LogP) is 1.45. The van der Waals surface area contributed by atoms with E-state index in [0.29, 0.717) is 13.1 Å². The summed E-state index contributed by atoms with van der Waals surface area (Å²) in [6.07, 6.45) is 4.86. The van der Waals surface area contributed by atoms with Crippen LogP contribution < -0.4 is 10.1 Å². The molecule has 1 aromatic rings. The molecule has 1 aromatic heterocycles. The Balaban J connectivity index is 1.68. The van der Waals surface area contributed by atoms with Crippen molar-refractivity contribution in [3.63, 3.8) is 0 Å². The first-order valence-electron chi connectivity index (χ1n) is 7.90. The summed E-state index contributed by atoms with van der Waals surface area (Å²) in [5.74, 6) is -0.0529. The van der Waals surface area contributed by atoms with Crippen LogP contribution in [0.1, 0.15) is 25.7 Å². The molecule has 0 spiro atoms. The molecule has 1 aliphatic carbocycles. The number of rotatable bonds is 3. The number of amides is 1. The van der Waals surface area contributed by atoms with Crippen LogP contribution in [0.5, 0.6) is 6.01 Å². The average molecular weight is 337 g/mol. The molecule has 1 aliphatic heterocycles. The highest BCUT2D eigenvalue weighted by Gasteiger charge is 2.32. The van der Waals surface area contributed by atoms with Crippen LogP contribution in [0.2, 0.25) is 0 Å². The maximum Gasteiger partial charge on any atom is 0.414 e. The van der Waals surface area contributed by atoms with E-state index in [1.54, 1.807) is 10.8 Å². The summed E-state index contributed by atoms with van der Waals surface area (Å²) >= 11 is 0. The predicted molar refractivity (Wildman–Crippen MR) is 83.6 cm³/mol. The minimum Gasteiger partial charge on any atom is -0.465 e. The van der Waals surface area contributed by atoms with E-state index >= 15 is 0 Å². The third-order valence-corrected chi connectivity index (χ3v) is 4.44. The van der Waals surface area contributed by atoms with Crippen molar-refractivity contribution >= 4 is 18.1 Å². The molecule has 1 saturated carbocycles. The second-order valence-electron chi connectivity index (χ2n) is 6.03. The molecule has 1 amide bonds. The molecule has 3 rings (SSSR count). The van der Waals surface area contributed by atoms with Gasteiger partial charge in [0.1, 0.15) is 12.3 Å². The summed E-state index contributed by atoms with van der Waals surface area (Å²) in [5.41, 5.74) is 0. The molecule has 1 unspecified atom stereocenters. The van der Waals surface area contributed by atoms with E-state index in [0.717, 1.165) is 25.7 Å². The zero-order valence-corrected chi connectivity index (χ0v) is 13.0. The molecule has 0 radical (unpaired) electrons. The summed E-state index contributed by atoms with van der Waals surface area (Å²) in [4.78, 5) is 29.3. The number of fused-ring (bicyclic) bond motifs is 1. The van der Waals surface area contributed by atoms with Gasteiger partial charge in [-0.3, -0.25) is 9.56 Å². The van der Waals surface area contributed by atoms with Gasteiger partial charge in [-0.1, -0.05) is 0 Å². The van der Waals surface area contributed by atoms with Crippen molar-refractivity contribution in [1.29, 1.82) is 0 Å². The lowest BCUT2D eigenvalue weighted by molar-refractivity contribution is -0.389. The monoisotopic (exact) mass is 337 g/mol. The average Bonchev–Trinajstić information content (AvgIpc) is 2.90. The van der Waals surface area contributed by atoms with E-state index in [1.165, 1.54) is 6.20 Å². The normalized spacial score (nSPS) is 26.6. The molecule has 10 heteroatoms. The van der Waals surface area contributed by atoms with Gasteiger partial charge < -0.3 is 25.3 Å². The van der Waals surface area contributed by atoms with Gasteiger partial charge in [-0.05, 0) is 30.6 Å². The SMILES string of the molecule is O=C(O)NC1CCC(C2C=NCCn3cc([N+](=O)[O-])nc3O2)CC1. The van der Waals surface area contributed by atoms with Crippen LogP contribution in [0.25, 0.3) is 0 Å². The minimum absolute atomic E-state index is 0.0349. The Labute approximate surface area is 137 Å². The zero-order valence-electron chi connectivity index (χ0n) is 13.0. The van der Waals surface area contributed by atoms with Gasteiger partial charge in [-0.25, -0.2) is 4.79 Å². The second-order valence-corrected chi connectivity index (χ2v) is 6.03. The first-order chi connectivity index (χ1) is 11.5. The van der Waals surface area contributed by atoms with Crippen molar-refractivity contribution in [2.45, 2.75) is 44.4 Å². The highest BCUT2D eigenvalue weighted by molar-refractivity contribution is 5.65. The summed E-state index contributed by atoms with van der Waals surface area (Å²) in [6, 6.07) is 0.205. The maximum atomic E-state index is 10.9. The van der Waals surface area contributed by atoms with Crippen LogP contribution in [-0.4, -0.2) is 50.6 Å². The van der Waals surface area contributed by atoms with Gasteiger partial charge in [0, 0.05) is 29.7 Å². The van der Waals surface area contributed by atoms with Gasteiger partial charge >= 0.3 is 17.9 Å². The van der Waals surface area contributed by atoms with Crippen LogP contribution in [0, 0.1) is 16.0 Å². The molecular weight excluding hydrogens is 318 g/mol. The molecule has 0 saturated heterocycles. The maximum absolute atomic E-state index is 10.9. The molecule has 1 atom stereocenters. The van der Waals surface area contributed by atoms with Crippen molar-refractivity contribution in [2.75, 3.05) is 6.54 Å². The Morgan fingerprint density at radius 2 is 2.17 bits per heavy atom. The van der Waals surface area contributed by atoms with E-state index in [9.17, 15) is 14.9 Å². The number of nitro groups is 1. The van der Waals surface area contributed by atoms with Crippen LogP contribution in [-0.2, 0) is 6.54 Å². The smallest absolute Gasteiger partial charge is 0.414 e. The summed E-state index contributed by atoms with van der Waals surface area (Å²) in [7, 11) is 0. The van der Waals surface area contributed by atoms with Crippen molar-refractivity contribution in [3.05, 3.63) is 16.3 Å². The zero-order chi connectivity index (χ0) is 17.1. The molecule has 2 N–H and O–H groups in total. The molecule has 1 fully saturated rings. The molecule has 2 aliphatic rings. The number of hydrogen-bond acceptors (Lipinski definition) is 6. The van der Waals surface area contributed by atoms with Crippen LogP contribution in [0.4, 0.5) is 10.6 Å². The fraction of sp³-hybridized carbons (Fsp3) is 0.643. The molecule has 2 heterocycles. The number of ether oxygens (including phenoxy) is 1. The molecule has 10 nitrogen and oxygen atoms in total. The van der Waals surface area contributed by atoms with E-state index in [2.05, 4.69) is 15.3 Å². The van der Waals surface area contributed by atoms with Crippen LogP contribution >= 0.6 is 0 Å². The number of imidazole rings is 1. The Kier molecular flexibility index (Phi) is 4.63. The minimum atomic E-state index is -1.00. The first-order valence-corrected chi connectivity index (χ1v) is 7.90. The molecular formula is C14H19N5O5. The lowest BCUT2D eigenvalue weighted by Crippen LogP contribution is -2.40. The number of nitrogens with zero attached hydrogens (tertiary/aromatic N) is 4. The Hall–Kier alpha value is -2.65. The van der Waals surface area contributed by atoms with Crippen molar-refractivity contribution in [2.24, 2.45) is 10.9 Å². The van der Waals surface area contributed by atoms with Gasteiger partial charge in [0.15, 0.2) is 0 Å². The third kappa shape index (κ3) is 3.63. The van der Waals surface area contributed by atoms with E-state index in [-0.39, 0.29) is 29.9 Å². The lowest BCUT2D eigenvalue weighted by atomic mass is 9.83. The number of carbonyl (C=O) groups is 1. The fourth-order valence-corrected chi connectivity index (χ4v) is 3.21. The number of aliphatic imine (C=N–C) groups is 1. The summed E-state index contributed by atoms with van der Waals surface area (Å²) in [6.45, 7) is 0.991.